The fourth-order valence-corrected chi connectivity index (χ4v) is 0.845. The first-order valence-corrected chi connectivity index (χ1v) is 2.97. The maximum atomic E-state index is 11.0. The molecule has 5 nitrogen and oxygen atoms in total. The molecule has 10 heavy (non-hydrogen) atoms. The average Bonchev–Trinajstić information content (AvgIpc) is 2.09. The van der Waals surface area contributed by atoms with E-state index in [9.17, 15) is 4.79 Å². The van der Waals surface area contributed by atoms with Gasteiger partial charge in [-0.3, -0.25) is 0 Å². The van der Waals surface area contributed by atoms with Crippen molar-refractivity contribution in [3.63, 3.8) is 0 Å². The summed E-state index contributed by atoms with van der Waals surface area (Å²) in [6, 6.07) is 0. The molecule has 1 aromatic rings. The van der Waals surface area contributed by atoms with E-state index < -0.39 is 0 Å². The van der Waals surface area contributed by atoms with Crippen LogP contribution in [0, 0.1) is 6.92 Å². The van der Waals surface area contributed by atoms with Gasteiger partial charge in [-0.25, -0.2) is 9.48 Å². The summed E-state index contributed by atoms with van der Waals surface area (Å²) in [5.74, 6) is 0.662. The topological polar surface area (TPSA) is 51.9 Å². The molecule has 1 heterocycles. The first-order valence-electron chi connectivity index (χ1n) is 2.97. The van der Waals surface area contributed by atoms with Crippen LogP contribution in [0.5, 0.6) is 0 Å². The minimum absolute atomic E-state index is 0.153. The lowest BCUT2D eigenvalue weighted by Gasteiger charge is -1.96. The maximum absolute atomic E-state index is 11.0. The normalized spacial score (nSPS) is 9.90. The fraction of sp³-hybridized carbons (Fsp3) is 0.600. The van der Waals surface area contributed by atoms with E-state index in [1.165, 1.54) is 9.36 Å². The number of hydrogen-bond acceptors (Lipinski definition) is 3. The summed E-state index contributed by atoms with van der Waals surface area (Å²) in [6.07, 6.45) is 0. The van der Waals surface area contributed by atoms with Crippen LogP contribution in [-0.4, -0.2) is 21.5 Å². The molecule has 1 aromatic heterocycles. The van der Waals surface area contributed by atoms with Gasteiger partial charge in [0.15, 0.2) is 0 Å². The number of nitrogens with one attached hydrogen (secondary N) is 1. The third-order valence-electron chi connectivity index (χ3n) is 1.31. The minimum Gasteiger partial charge on any atom is -0.323 e. The highest BCUT2D eigenvalue weighted by Gasteiger charge is 2.02. The Kier molecular flexibility index (Phi) is 1.48. The highest BCUT2D eigenvalue weighted by atomic mass is 16.2. The van der Waals surface area contributed by atoms with Crippen LogP contribution in [0.4, 0.5) is 0 Å². The minimum atomic E-state index is -0.153. The van der Waals surface area contributed by atoms with Crippen LogP contribution in [0.3, 0.4) is 0 Å². The molecule has 0 aliphatic carbocycles. The number of aromatic nitrogens is 3. The predicted molar refractivity (Wildman–Crippen MR) is 37.5 cm³/mol. The molecular weight excluding hydrogens is 132 g/mol. The highest BCUT2D eigenvalue weighted by molar-refractivity contribution is 4.85. The van der Waals surface area contributed by atoms with Gasteiger partial charge in [0.05, 0.1) is 0 Å². The smallest absolute Gasteiger partial charge is 0.323 e. The van der Waals surface area contributed by atoms with Crippen LogP contribution in [-0.2, 0) is 7.05 Å². The monoisotopic (exact) mass is 142 g/mol. The van der Waals surface area contributed by atoms with Crippen LogP contribution in [0.1, 0.15) is 5.82 Å². The van der Waals surface area contributed by atoms with Gasteiger partial charge < -0.3 is 5.43 Å². The van der Waals surface area contributed by atoms with Crippen LogP contribution in [0.2, 0.25) is 0 Å². The predicted octanol–water partition coefficient (Wildman–Crippen LogP) is -0.936. The molecule has 0 bridgehead atoms. The molecule has 0 atom stereocenters. The van der Waals surface area contributed by atoms with E-state index >= 15 is 0 Å². The van der Waals surface area contributed by atoms with E-state index in [1.807, 2.05) is 0 Å². The van der Waals surface area contributed by atoms with E-state index in [1.54, 1.807) is 21.0 Å². The third kappa shape index (κ3) is 0.792. The lowest BCUT2D eigenvalue weighted by molar-refractivity contribution is 0.716. The molecule has 0 unspecified atom stereocenters. The van der Waals surface area contributed by atoms with E-state index in [2.05, 4.69) is 10.5 Å². The summed E-state index contributed by atoms with van der Waals surface area (Å²) in [4.78, 5) is 11.0. The Morgan fingerprint density at radius 2 is 2.20 bits per heavy atom. The van der Waals surface area contributed by atoms with Crippen molar-refractivity contribution in [2.75, 3.05) is 12.5 Å². The second-order valence-corrected chi connectivity index (χ2v) is 2.01. The van der Waals surface area contributed by atoms with Crippen molar-refractivity contribution in [2.45, 2.75) is 6.92 Å². The lowest BCUT2D eigenvalue weighted by atomic mass is 10.7. The van der Waals surface area contributed by atoms with E-state index in [4.69, 9.17) is 0 Å². The van der Waals surface area contributed by atoms with E-state index in [0.717, 1.165) is 0 Å². The quantitative estimate of drug-likeness (QED) is 0.550. The average molecular weight is 142 g/mol. The molecular formula is C5H10N4O. The van der Waals surface area contributed by atoms with Gasteiger partial charge in [-0.2, -0.15) is 9.77 Å². The zero-order valence-corrected chi connectivity index (χ0v) is 6.25. The molecule has 1 N–H and O–H groups in total. The SMILES string of the molecule is CNn1c(C)nn(C)c1=O. The van der Waals surface area contributed by atoms with Gasteiger partial charge in [0.25, 0.3) is 0 Å². The lowest BCUT2D eigenvalue weighted by Crippen LogP contribution is -2.28. The summed E-state index contributed by atoms with van der Waals surface area (Å²) in [5.41, 5.74) is 2.55. The molecule has 0 aliphatic heterocycles. The van der Waals surface area contributed by atoms with Gasteiger partial charge in [0.1, 0.15) is 5.82 Å². The van der Waals surface area contributed by atoms with Crippen molar-refractivity contribution >= 4 is 0 Å². The Morgan fingerprint density at radius 1 is 1.60 bits per heavy atom. The van der Waals surface area contributed by atoms with Gasteiger partial charge in [-0.15, -0.1) is 0 Å². The Balaban J connectivity index is 3.34. The number of hydrogen-bond donors (Lipinski definition) is 1. The molecule has 0 saturated carbocycles. The second kappa shape index (κ2) is 2.17. The number of nitrogens with zero attached hydrogens (tertiary/aromatic N) is 3. The summed E-state index contributed by atoms with van der Waals surface area (Å²) in [5, 5.41) is 3.89. The molecule has 0 spiro atoms. The second-order valence-electron chi connectivity index (χ2n) is 2.01. The van der Waals surface area contributed by atoms with Gasteiger partial charge in [-0.05, 0) is 6.92 Å². The third-order valence-corrected chi connectivity index (χ3v) is 1.31. The summed E-state index contributed by atoms with van der Waals surface area (Å²) in [6.45, 7) is 1.76. The number of aryl methyl sites for hydroxylation is 2. The summed E-state index contributed by atoms with van der Waals surface area (Å²) >= 11 is 0. The van der Waals surface area contributed by atoms with Gasteiger partial charge in [0, 0.05) is 14.1 Å². The largest absolute Gasteiger partial charge is 0.364 e. The molecule has 5 heteroatoms. The van der Waals surface area contributed by atoms with Crippen molar-refractivity contribution in [1.29, 1.82) is 0 Å². The standard InChI is InChI=1S/C5H10N4O/c1-4-7-8(3)5(10)9(4)6-2/h6H,1-3H3. The van der Waals surface area contributed by atoms with E-state index in [0.29, 0.717) is 5.82 Å². The highest BCUT2D eigenvalue weighted by Crippen LogP contribution is 1.81. The zero-order chi connectivity index (χ0) is 7.72. The first kappa shape index (κ1) is 6.85. The summed E-state index contributed by atoms with van der Waals surface area (Å²) < 4.78 is 2.66. The molecule has 0 fully saturated rings. The maximum Gasteiger partial charge on any atom is 0.364 e. The Morgan fingerprint density at radius 3 is 2.40 bits per heavy atom. The van der Waals surface area contributed by atoms with Crippen molar-refractivity contribution < 1.29 is 0 Å². The molecule has 0 aromatic carbocycles. The van der Waals surface area contributed by atoms with Crippen LogP contribution >= 0.6 is 0 Å². The number of rotatable bonds is 1. The van der Waals surface area contributed by atoms with Crippen LogP contribution in [0.15, 0.2) is 4.79 Å². The molecule has 0 saturated heterocycles. The van der Waals surface area contributed by atoms with Gasteiger partial charge >= 0.3 is 5.69 Å². The van der Waals surface area contributed by atoms with E-state index in [-0.39, 0.29) is 5.69 Å². The first-order chi connectivity index (χ1) is 4.66. The van der Waals surface area contributed by atoms with Crippen LogP contribution < -0.4 is 11.1 Å². The molecule has 0 amide bonds. The Bertz CT molecular complexity index is 284. The van der Waals surface area contributed by atoms with Crippen LogP contribution in [0.25, 0.3) is 0 Å². The summed E-state index contributed by atoms with van der Waals surface area (Å²) in [7, 11) is 3.29. The fourth-order valence-electron chi connectivity index (χ4n) is 0.845. The molecule has 0 aliphatic rings. The Hall–Kier alpha value is -1.26. The van der Waals surface area contributed by atoms with Crippen molar-refractivity contribution in [3.8, 4) is 0 Å². The van der Waals surface area contributed by atoms with Crippen molar-refractivity contribution in [3.05, 3.63) is 16.3 Å². The van der Waals surface area contributed by atoms with Gasteiger partial charge in [0.2, 0.25) is 0 Å². The zero-order valence-electron chi connectivity index (χ0n) is 6.25. The van der Waals surface area contributed by atoms with Crippen molar-refractivity contribution in [1.82, 2.24) is 14.5 Å². The molecule has 0 radical (unpaired) electrons. The van der Waals surface area contributed by atoms with Gasteiger partial charge in [-0.1, -0.05) is 0 Å². The molecule has 56 valence electrons. The molecule has 1 rings (SSSR count). The van der Waals surface area contributed by atoms with Crippen molar-refractivity contribution in [2.24, 2.45) is 7.05 Å². The Labute approximate surface area is 58.2 Å².